The van der Waals surface area contributed by atoms with Crippen molar-refractivity contribution >= 4 is 11.0 Å². The molecule has 2 atom stereocenters. The van der Waals surface area contributed by atoms with Gasteiger partial charge in [0.1, 0.15) is 11.7 Å². The van der Waals surface area contributed by atoms with Gasteiger partial charge in [-0.3, -0.25) is 4.98 Å². The highest BCUT2D eigenvalue weighted by atomic mass is 32.2. The van der Waals surface area contributed by atoms with E-state index < -0.39 is 28.9 Å². The lowest BCUT2D eigenvalue weighted by Crippen LogP contribution is -2.19. The van der Waals surface area contributed by atoms with Gasteiger partial charge in [0, 0.05) is 11.8 Å². The molecule has 2 unspecified atom stereocenters. The molecule has 0 bridgehead atoms. The van der Waals surface area contributed by atoms with Gasteiger partial charge in [-0.25, -0.2) is 0 Å². The molecule has 1 aromatic rings. The van der Waals surface area contributed by atoms with Crippen LogP contribution in [0.25, 0.3) is 0 Å². The zero-order chi connectivity index (χ0) is 15.6. The van der Waals surface area contributed by atoms with Gasteiger partial charge < -0.3 is 4.55 Å². The average molecular weight is 317 g/mol. The van der Waals surface area contributed by atoms with Gasteiger partial charge in [-0.15, -0.1) is 11.0 Å². The molecular formula is C13H14F3N3OS. The Balaban J connectivity index is 2.33. The first-order valence-electron chi connectivity index (χ1n) is 6.38. The molecule has 0 aliphatic heterocycles. The second kappa shape index (κ2) is 6.12. The summed E-state index contributed by atoms with van der Waals surface area (Å²) in [6.07, 6.45) is 2.52. The molecule has 4 nitrogen and oxygen atoms in total. The molecule has 1 heterocycles. The standard InChI is InChI=1S/C13H14F3N3OS/c1-21(20)19(8-17)11(6-9-2-3-9)10-4-5-12(18-7-10)13(14,15)16/h4-5,7,9,11H,2-3,6H2,1H3. The first-order valence-corrected chi connectivity index (χ1v) is 7.90. The summed E-state index contributed by atoms with van der Waals surface area (Å²) >= 11 is 0. The van der Waals surface area contributed by atoms with E-state index >= 15 is 0 Å². The summed E-state index contributed by atoms with van der Waals surface area (Å²) in [7, 11) is -1.52. The Bertz CT molecular complexity index is 584. The Hall–Kier alpha value is -1.46. The minimum Gasteiger partial charge on any atom is -0.772 e. The van der Waals surface area contributed by atoms with Crippen molar-refractivity contribution in [2.45, 2.75) is 31.5 Å². The molecule has 0 N–H and O–H groups in total. The SMILES string of the molecule is CS([O-])=[N+](C#N)C(CC1CC1)c1ccc(C(F)(F)F)nc1. The van der Waals surface area contributed by atoms with Gasteiger partial charge >= 0.3 is 12.4 Å². The molecule has 8 heteroatoms. The molecule has 1 saturated carbocycles. The lowest BCUT2D eigenvalue weighted by Gasteiger charge is -2.18. The summed E-state index contributed by atoms with van der Waals surface area (Å²) in [5, 5.41) is 9.13. The number of rotatable bonds is 4. The number of pyridine rings is 1. The quantitative estimate of drug-likeness (QED) is 0.487. The van der Waals surface area contributed by atoms with Crippen molar-refractivity contribution in [3.63, 3.8) is 0 Å². The third-order valence-corrected chi connectivity index (χ3v) is 4.26. The normalized spacial score (nSPS) is 18.8. The Kier molecular flexibility index (Phi) is 4.64. The molecule has 0 saturated heterocycles. The maximum absolute atomic E-state index is 12.5. The molecule has 1 aliphatic rings. The smallest absolute Gasteiger partial charge is 0.465 e. The summed E-state index contributed by atoms with van der Waals surface area (Å²) in [4.78, 5) is 3.41. The zero-order valence-electron chi connectivity index (χ0n) is 11.3. The molecule has 0 spiro atoms. The molecule has 21 heavy (non-hydrogen) atoms. The number of hydrogen-bond acceptors (Lipinski definition) is 3. The Labute approximate surface area is 123 Å². The van der Waals surface area contributed by atoms with Gasteiger partial charge in [-0.1, -0.05) is 18.9 Å². The lowest BCUT2D eigenvalue weighted by molar-refractivity contribution is -0.470. The van der Waals surface area contributed by atoms with E-state index in [1.54, 1.807) is 0 Å². The van der Waals surface area contributed by atoms with Crippen molar-refractivity contribution in [2.24, 2.45) is 5.92 Å². The fourth-order valence-corrected chi connectivity index (χ4v) is 2.79. The maximum atomic E-state index is 12.5. The molecule has 114 valence electrons. The van der Waals surface area contributed by atoms with Crippen LogP contribution in [0.3, 0.4) is 0 Å². The summed E-state index contributed by atoms with van der Waals surface area (Å²) < 4.78 is 50.3. The summed E-state index contributed by atoms with van der Waals surface area (Å²) in [6.45, 7) is 0. The van der Waals surface area contributed by atoms with Crippen LogP contribution in [-0.2, 0) is 17.1 Å². The number of hydrogen-bond donors (Lipinski definition) is 0. The zero-order valence-corrected chi connectivity index (χ0v) is 12.1. The van der Waals surface area contributed by atoms with E-state index in [2.05, 4.69) is 4.98 Å². The number of nitriles is 1. The van der Waals surface area contributed by atoms with E-state index in [0.29, 0.717) is 17.9 Å². The van der Waals surface area contributed by atoms with Crippen LogP contribution in [-0.4, -0.2) is 19.7 Å². The molecule has 0 amide bonds. The van der Waals surface area contributed by atoms with Crippen molar-refractivity contribution in [1.82, 2.24) is 4.98 Å². The van der Waals surface area contributed by atoms with E-state index in [1.165, 1.54) is 12.3 Å². The van der Waals surface area contributed by atoms with Crippen LogP contribution in [0.2, 0.25) is 0 Å². The highest BCUT2D eigenvalue weighted by Crippen LogP contribution is 2.39. The van der Waals surface area contributed by atoms with Crippen molar-refractivity contribution in [3.8, 4) is 6.19 Å². The van der Waals surface area contributed by atoms with Gasteiger partial charge in [0.05, 0.1) is 0 Å². The fraction of sp³-hybridized carbons (Fsp3) is 0.538. The van der Waals surface area contributed by atoms with Gasteiger partial charge in [-0.2, -0.15) is 17.1 Å². The molecule has 1 aromatic heterocycles. The number of nitrogens with zero attached hydrogens (tertiary/aromatic N) is 3. The second-order valence-electron chi connectivity index (χ2n) is 5.02. The van der Waals surface area contributed by atoms with Gasteiger partial charge in [-0.05, 0) is 24.7 Å². The summed E-state index contributed by atoms with van der Waals surface area (Å²) in [5.74, 6) is 0.427. The minimum atomic E-state index is -4.49. The molecule has 0 aromatic carbocycles. The monoisotopic (exact) mass is 317 g/mol. The minimum absolute atomic E-state index is 0.427. The van der Waals surface area contributed by atoms with Crippen LogP contribution in [0, 0.1) is 17.4 Å². The van der Waals surface area contributed by atoms with Crippen molar-refractivity contribution < 1.29 is 21.7 Å². The van der Waals surface area contributed by atoms with E-state index in [4.69, 9.17) is 5.26 Å². The fourth-order valence-electron chi connectivity index (χ4n) is 2.11. The van der Waals surface area contributed by atoms with E-state index in [0.717, 1.165) is 29.1 Å². The Morgan fingerprint density at radius 2 is 2.19 bits per heavy atom. The van der Waals surface area contributed by atoms with E-state index in [9.17, 15) is 17.7 Å². The molecule has 0 radical (unpaired) electrons. The van der Waals surface area contributed by atoms with Crippen molar-refractivity contribution in [2.75, 3.05) is 6.26 Å². The van der Waals surface area contributed by atoms with E-state index in [1.807, 2.05) is 6.19 Å². The second-order valence-corrected chi connectivity index (χ2v) is 6.26. The maximum Gasteiger partial charge on any atom is 0.465 e. The molecular weight excluding hydrogens is 303 g/mol. The van der Waals surface area contributed by atoms with Crippen LogP contribution in [0.1, 0.15) is 36.6 Å². The first kappa shape index (κ1) is 15.9. The van der Waals surface area contributed by atoms with Gasteiger partial charge in [0.15, 0.2) is 5.26 Å². The van der Waals surface area contributed by atoms with Crippen LogP contribution in [0.15, 0.2) is 18.3 Å². The predicted molar refractivity (Wildman–Crippen MR) is 69.3 cm³/mol. The van der Waals surface area contributed by atoms with Gasteiger partial charge in [0.2, 0.25) is 0 Å². The Morgan fingerprint density at radius 3 is 2.57 bits per heavy atom. The molecule has 1 fully saturated rings. The van der Waals surface area contributed by atoms with Crippen LogP contribution < -0.4 is 0 Å². The number of halogens is 3. The number of aromatic nitrogens is 1. The lowest BCUT2D eigenvalue weighted by atomic mass is 10.0. The van der Waals surface area contributed by atoms with Crippen LogP contribution in [0.5, 0.6) is 0 Å². The molecule has 2 rings (SSSR count). The Morgan fingerprint density at radius 1 is 1.52 bits per heavy atom. The van der Waals surface area contributed by atoms with Crippen LogP contribution in [0.4, 0.5) is 13.2 Å². The largest absolute Gasteiger partial charge is 0.772 e. The highest BCUT2D eigenvalue weighted by Gasteiger charge is 2.34. The van der Waals surface area contributed by atoms with Gasteiger partial charge in [0.25, 0.3) is 0 Å². The topological polar surface area (TPSA) is 62.8 Å². The molecule has 1 aliphatic carbocycles. The summed E-state index contributed by atoms with van der Waals surface area (Å²) in [6, 6.07) is 1.70. The average Bonchev–Trinajstić information content (AvgIpc) is 3.21. The number of alkyl halides is 3. The highest BCUT2D eigenvalue weighted by molar-refractivity contribution is 7.78. The third kappa shape index (κ3) is 4.02. The van der Waals surface area contributed by atoms with Crippen molar-refractivity contribution in [1.29, 1.82) is 5.26 Å². The third-order valence-electron chi connectivity index (χ3n) is 3.37. The van der Waals surface area contributed by atoms with Crippen molar-refractivity contribution in [3.05, 3.63) is 29.6 Å². The van der Waals surface area contributed by atoms with E-state index in [-0.39, 0.29) is 0 Å². The predicted octanol–water partition coefficient (Wildman–Crippen LogP) is 3.00. The first-order chi connectivity index (χ1) is 9.82. The van der Waals surface area contributed by atoms with Crippen LogP contribution >= 0.6 is 0 Å². The summed E-state index contributed by atoms with van der Waals surface area (Å²) in [5.41, 5.74) is -0.496.